The Balaban J connectivity index is 1.78. The van der Waals surface area contributed by atoms with Crippen molar-refractivity contribution >= 4 is 39.3 Å². The summed E-state index contributed by atoms with van der Waals surface area (Å²) in [6.07, 6.45) is 1.74. The number of nitrogens with two attached hydrogens (primary N) is 1. The van der Waals surface area contributed by atoms with Gasteiger partial charge >= 0.3 is 0 Å². The number of aryl methyl sites for hydroxylation is 1. The second-order valence-electron chi connectivity index (χ2n) is 4.84. The van der Waals surface area contributed by atoms with Gasteiger partial charge in [0.25, 0.3) is 0 Å². The van der Waals surface area contributed by atoms with Crippen LogP contribution in [0.2, 0.25) is 0 Å². The average molecular weight is 279 g/mol. The summed E-state index contributed by atoms with van der Waals surface area (Å²) in [6, 6.07) is 9.69. The fourth-order valence-corrected chi connectivity index (χ4v) is 2.44. The molecule has 4 aromatic rings. The number of rotatable bonds is 2. The van der Waals surface area contributed by atoms with Crippen molar-refractivity contribution in [3.05, 3.63) is 36.5 Å². The van der Waals surface area contributed by atoms with Gasteiger partial charge in [-0.25, -0.2) is 0 Å². The Hall–Kier alpha value is -3.09. The number of hydrogen-bond acceptors (Lipinski definition) is 5. The molecule has 3 aromatic heterocycles. The van der Waals surface area contributed by atoms with E-state index in [9.17, 15) is 0 Å². The fraction of sp³-hybridized carbons (Fsp3) is 0.0714. The molecule has 4 N–H and O–H groups in total. The standard InChI is InChI=1S/C14H13N7/c1-21-11-7-8(4-5-9(11)13(15)20-21)17-14-12-10(18-19-14)3-2-6-16-12/h2-7H,1H3,(H2,15,20)(H2,17,18,19). The number of nitrogens with one attached hydrogen (secondary N) is 2. The van der Waals surface area contributed by atoms with Crippen molar-refractivity contribution in [2.24, 2.45) is 7.05 Å². The Morgan fingerprint density at radius 2 is 2.19 bits per heavy atom. The summed E-state index contributed by atoms with van der Waals surface area (Å²) in [7, 11) is 1.87. The van der Waals surface area contributed by atoms with Gasteiger partial charge in [0.1, 0.15) is 5.52 Å². The van der Waals surface area contributed by atoms with Crippen LogP contribution >= 0.6 is 0 Å². The van der Waals surface area contributed by atoms with E-state index < -0.39 is 0 Å². The second kappa shape index (κ2) is 4.20. The number of aromatic amines is 1. The summed E-state index contributed by atoms with van der Waals surface area (Å²) in [6.45, 7) is 0. The maximum absolute atomic E-state index is 5.86. The summed E-state index contributed by atoms with van der Waals surface area (Å²) >= 11 is 0. The molecule has 0 amide bonds. The van der Waals surface area contributed by atoms with E-state index in [4.69, 9.17) is 5.73 Å². The van der Waals surface area contributed by atoms with Crippen LogP contribution in [0, 0.1) is 0 Å². The van der Waals surface area contributed by atoms with E-state index in [0.29, 0.717) is 11.6 Å². The zero-order chi connectivity index (χ0) is 14.4. The van der Waals surface area contributed by atoms with E-state index in [-0.39, 0.29) is 0 Å². The molecule has 0 saturated carbocycles. The van der Waals surface area contributed by atoms with E-state index in [1.165, 1.54) is 0 Å². The average Bonchev–Trinajstić information content (AvgIpc) is 3.02. The molecule has 0 radical (unpaired) electrons. The zero-order valence-electron chi connectivity index (χ0n) is 11.3. The number of benzene rings is 1. The molecule has 0 aliphatic rings. The third-order valence-corrected chi connectivity index (χ3v) is 3.46. The molecule has 7 heteroatoms. The van der Waals surface area contributed by atoms with E-state index in [1.54, 1.807) is 10.9 Å². The number of hydrogen-bond donors (Lipinski definition) is 3. The van der Waals surface area contributed by atoms with Crippen molar-refractivity contribution in [1.82, 2.24) is 25.0 Å². The lowest BCUT2D eigenvalue weighted by molar-refractivity contribution is 0.802. The van der Waals surface area contributed by atoms with Crippen LogP contribution in [0.1, 0.15) is 0 Å². The highest BCUT2D eigenvalue weighted by atomic mass is 15.3. The minimum absolute atomic E-state index is 0.533. The van der Waals surface area contributed by atoms with Gasteiger partial charge < -0.3 is 11.1 Å². The van der Waals surface area contributed by atoms with Gasteiger partial charge in [0.2, 0.25) is 0 Å². The third-order valence-electron chi connectivity index (χ3n) is 3.46. The SMILES string of the molecule is Cn1nc(N)c2ccc(Nc3n[nH]c4cccnc34)cc21. The Morgan fingerprint density at radius 3 is 3.10 bits per heavy atom. The highest BCUT2D eigenvalue weighted by molar-refractivity contribution is 5.93. The maximum atomic E-state index is 5.86. The van der Waals surface area contributed by atoms with Crippen LogP contribution in [0.25, 0.3) is 21.9 Å². The molecule has 104 valence electrons. The van der Waals surface area contributed by atoms with Crippen molar-refractivity contribution in [1.29, 1.82) is 0 Å². The van der Waals surface area contributed by atoms with Gasteiger partial charge in [-0.1, -0.05) is 0 Å². The first-order chi connectivity index (χ1) is 10.2. The van der Waals surface area contributed by atoms with E-state index in [1.807, 2.05) is 37.4 Å². The van der Waals surface area contributed by atoms with Crippen LogP contribution in [0.15, 0.2) is 36.5 Å². The number of nitrogens with zero attached hydrogens (tertiary/aromatic N) is 4. The van der Waals surface area contributed by atoms with Crippen molar-refractivity contribution in [3.63, 3.8) is 0 Å². The van der Waals surface area contributed by atoms with Gasteiger partial charge in [-0.15, -0.1) is 0 Å². The van der Waals surface area contributed by atoms with Crippen LogP contribution in [-0.2, 0) is 7.05 Å². The predicted octanol–water partition coefficient (Wildman–Crippen LogP) is 2.17. The first-order valence-electron chi connectivity index (χ1n) is 6.51. The molecule has 0 spiro atoms. The van der Waals surface area contributed by atoms with Gasteiger partial charge in [0.15, 0.2) is 11.6 Å². The van der Waals surface area contributed by atoms with Crippen LogP contribution in [0.3, 0.4) is 0 Å². The normalized spacial score (nSPS) is 11.3. The van der Waals surface area contributed by atoms with Crippen LogP contribution in [-0.4, -0.2) is 25.0 Å². The molecule has 1 aromatic carbocycles. The highest BCUT2D eigenvalue weighted by Crippen LogP contribution is 2.26. The molecule has 0 fully saturated rings. The molecule has 0 unspecified atom stereocenters. The second-order valence-corrected chi connectivity index (χ2v) is 4.84. The molecule has 0 bridgehead atoms. The van der Waals surface area contributed by atoms with Gasteiger partial charge in [-0.2, -0.15) is 10.2 Å². The van der Waals surface area contributed by atoms with E-state index in [2.05, 4.69) is 25.6 Å². The Morgan fingerprint density at radius 1 is 1.29 bits per heavy atom. The van der Waals surface area contributed by atoms with Gasteiger partial charge in [0.05, 0.1) is 11.0 Å². The lowest BCUT2D eigenvalue weighted by atomic mass is 10.2. The molecular weight excluding hydrogens is 266 g/mol. The smallest absolute Gasteiger partial charge is 0.178 e. The Labute approximate surface area is 119 Å². The summed E-state index contributed by atoms with van der Waals surface area (Å²) in [5.74, 6) is 1.23. The molecule has 0 aliphatic heterocycles. The maximum Gasteiger partial charge on any atom is 0.178 e. The number of fused-ring (bicyclic) bond motifs is 2. The molecule has 7 nitrogen and oxygen atoms in total. The fourth-order valence-electron chi connectivity index (χ4n) is 2.44. The molecule has 4 rings (SSSR count). The molecule has 0 atom stereocenters. The number of anilines is 3. The topological polar surface area (TPSA) is 97.4 Å². The summed E-state index contributed by atoms with van der Waals surface area (Å²) in [4.78, 5) is 4.33. The molecular formula is C14H13N7. The monoisotopic (exact) mass is 279 g/mol. The molecule has 0 aliphatic carbocycles. The summed E-state index contributed by atoms with van der Waals surface area (Å²) in [5, 5.41) is 15.6. The Kier molecular flexibility index (Phi) is 2.34. The molecule has 0 saturated heterocycles. The first kappa shape index (κ1) is 11.7. The number of pyridine rings is 1. The lowest BCUT2D eigenvalue weighted by Gasteiger charge is -2.04. The molecule has 3 heterocycles. The minimum atomic E-state index is 0.533. The number of aromatic nitrogens is 5. The zero-order valence-corrected chi connectivity index (χ0v) is 11.3. The van der Waals surface area contributed by atoms with Gasteiger partial charge in [-0.3, -0.25) is 14.8 Å². The Bertz CT molecular complexity index is 950. The van der Waals surface area contributed by atoms with E-state index in [0.717, 1.165) is 27.6 Å². The van der Waals surface area contributed by atoms with Crippen molar-refractivity contribution in [2.75, 3.05) is 11.1 Å². The number of nitrogen functional groups attached to an aromatic ring is 1. The summed E-state index contributed by atoms with van der Waals surface area (Å²) in [5.41, 5.74) is 9.43. The highest BCUT2D eigenvalue weighted by Gasteiger charge is 2.09. The third kappa shape index (κ3) is 1.78. The van der Waals surface area contributed by atoms with E-state index >= 15 is 0 Å². The van der Waals surface area contributed by atoms with Gasteiger partial charge in [-0.05, 0) is 30.3 Å². The van der Waals surface area contributed by atoms with Crippen molar-refractivity contribution in [2.45, 2.75) is 0 Å². The van der Waals surface area contributed by atoms with Crippen molar-refractivity contribution < 1.29 is 0 Å². The largest absolute Gasteiger partial charge is 0.382 e. The number of H-pyrrole nitrogens is 1. The lowest BCUT2D eigenvalue weighted by Crippen LogP contribution is -1.94. The predicted molar refractivity (Wildman–Crippen MR) is 82.3 cm³/mol. The van der Waals surface area contributed by atoms with Gasteiger partial charge in [0, 0.05) is 24.3 Å². The van der Waals surface area contributed by atoms with Crippen LogP contribution in [0.5, 0.6) is 0 Å². The quantitative estimate of drug-likeness (QED) is 0.522. The van der Waals surface area contributed by atoms with Crippen LogP contribution < -0.4 is 11.1 Å². The minimum Gasteiger partial charge on any atom is -0.382 e. The first-order valence-corrected chi connectivity index (χ1v) is 6.51. The molecule has 21 heavy (non-hydrogen) atoms. The summed E-state index contributed by atoms with van der Waals surface area (Å²) < 4.78 is 1.76. The van der Waals surface area contributed by atoms with Crippen molar-refractivity contribution in [3.8, 4) is 0 Å². The van der Waals surface area contributed by atoms with Crippen LogP contribution in [0.4, 0.5) is 17.3 Å².